The smallest absolute Gasteiger partial charge is 0.328 e. The van der Waals surface area contributed by atoms with Crippen molar-refractivity contribution in [2.45, 2.75) is 38.9 Å². The number of hydrogen-bond acceptors (Lipinski definition) is 8. The maximum absolute atomic E-state index is 12.9. The number of aliphatic imine (C=N–C) groups is 1. The van der Waals surface area contributed by atoms with E-state index >= 15 is 0 Å². The van der Waals surface area contributed by atoms with Gasteiger partial charge in [-0.25, -0.2) is 9.79 Å². The Labute approximate surface area is 204 Å². The summed E-state index contributed by atoms with van der Waals surface area (Å²) in [6.07, 6.45) is 0.871. The number of imide groups is 1. The van der Waals surface area contributed by atoms with Crippen LogP contribution in [0.4, 0.5) is 4.79 Å². The van der Waals surface area contributed by atoms with Gasteiger partial charge in [0.15, 0.2) is 12.8 Å². The zero-order valence-electron chi connectivity index (χ0n) is 20.1. The maximum Gasteiger partial charge on any atom is 0.328 e. The number of amides is 5. The number of hydrogen-bond donors (Lipinski definition) is 4. The molecule has 1 aromatic carbocycles. The molecule has 0 radical (unpaired) electrons. The summed E-state index contributed by atoms with van der Waals surface area (Å²) in [7, 11) is 0. The monoisotopic (exact) mass is 487 g/mol. The molecule has 5 N–H and O–H groups in total. The van der Waals surface area contributed by atoms with E-state index in [9.17, 15) is 19.2 Å². The lowest BCUT2D eigenvalue weighted by Crippen LogP contribution is -2.65. The zero-order valence-corrected chi connectivity index (χ0v) is 20.1. The molecule has 3 rings (SSSR count). The fourth-order valence-corrected chi connectivity index (χ4v) is 3.88. The van der Waals surface area contributed by atoms with Crippen LogP contribution in [0.25, 0.3) is 0 Å². The van der Waals surface area contributed by atoms with Crippen LogP contribution in [0.2, 0.25) is 0 Å². The summed E-state index contributed by atoms with van der Waals surface area (Å²) in [5.74, 6) is 0.150. The summed E-state index contributed by atoms with van der Waals surface area (Å²) >= 11 is 0. The summed E-state index contributed by atoms with van der Waals surface area (Å²) in [4.78, 5) is 56.4. The van der Waals surface area contributed by atoms with Crippen LogP contribution < -0.4 is 26.4 Å². The van der Waals surface area contributed by atoms with E-state index in [1.54, 1.807) is 29.2 Å². The van der Waals surface area contributed by atoms with Crippen molar-refractivity contribution in [3.05, 3.63) is 29.8 Å². The van der Waals surface area contributed by atoms with Crippen molar-refractivity contribution in [1.29, 1.82) is 0 Å². The van der Waals surface area contributed by atoms with Gasteiger partial charge >= 0.3 is 6.03 Å². The second-order valence-corrected chi connectivity index (χ2v) is 8.20. The lowest BCUT2D eigenvalue weighted by Gasteiger charge is -2.40. The molecular weight excluding hydrogens is 454 g/mol. The molecule has 190 valence electrons. The Bertz CT molecular complexity index is 966. The highest BCUT2D eigenvalue weighted by atomic mass is 16.5. The number of amidine groups is 1. The molecule has 1 fully saturated rings. The number of ether oxygens (including phenoxy) is 1. The first kappa shape index (κ1) is 25.9. The van der Waals surface area contributed by atoms with E-state index in [-0.39, 0.29) is 50.0 Å². The van der Waals surface area contributed by atoms with Crippen LogP contribution >= 0.6 is 0 Å². The molecule has 2 aliphatic heterocycles. The van der Waals surface area contributed by atoms with Crippen LogP contribution in [0.1, 0.15) is 32.3 Å². The summed E-state index contributed by atoms with van der Waals surface area (Å²) in [6, 6.07) is 6.05. The molecule has 5 amide bonds. The van der Waals surface area contributed by atoms with Gasteiger partial charge in [0.2, 0.25) is 5.91 Å². The van der Waals surface area contributed by atoms with Crippen molar-refractivity contribution in [3.63, 3.8) is 0 Å². The molecule has 1 saturated heterocycles. The molecule has 0 aromatic heterocycles. The first-order valence-electron chi connectivity index (χ1n) is 11.8. The molecule has 1 aromatic rings. The molecule has 35 heavy (non-hydrogen) atoms. The Hall–Kier alpha value is -3.67. The average Bonchev–Trinajstić information content (AvgIpc) is 3.31. The molecular formula is C23H33N7O5. The van der Waals surface area contributed by atoms with E-state index in [4.69, 9.17) is 10.5 Å². The molecule has 0 spiro atoms. The van der Waals surface area contributed by atoms with Gasteiger partial charge in [-0.05, 0) is 37.1 Å². The van der Waals surface area contributed by atoms with Gasteiger partial charge in [-0.3, -0.25) is 24.2 Å². The number of benzene rings is 1. The van der Waals surface area contributed by atoms with Gasteiger partial charge in [-0.1, -0.05) is 13.8 Å². The topological polar surface area (TPSA) is 158 Å². The van der Waals surface area contributed by atoms with E-state index in [2.05, 4.69) is 20.9 Å². The standard InChI is InChI=1S/C23H33N7O5/c1-3-11-29-21-19(22(33)30(12-4-2)23(29)34)27-20(28-21)15-5-7-16(8-6-15)35-14-18(32)26-10-9-25-17(31)13-24/h5-8,19,21H,3-4,9-14,24H2,1-2H3,(H,25,31)(H,26,32)(H,27,28). The number of rotatable bonds is 12. The molecule has 2 unspecified atom stereocenters. The lowest BCUT2D eigenvalue weighted by atomic mass is 10.1. The highest BCUT2D eigenvalue weighted by Gasteiger charge is 2.49. The Balaban J connectivity index is 1.57. The minimum atomic E-state index is -0.616. The second-order valence-electron chi connectivity index (χ2n) is 8.20. The Morgan fingerprint density at radius 2 is 1.71 bits per heavy atom. The van der Waals surface area contributed by atoms with Crippen molar-refractivity contribution in [2.75, 3.05) is 39.3 Å². The molecule has 0 saturated carbocycles. The van der Waals surface area contributed by atoms with Crippen molar-refractivity contribution in [1.82, 2.24) is 25.8 Å². The number of urea groups is 1. The third-order valence-corrected chi connectivity index (χ3v) is 5.54. The number of nitrogens with two attached hydrogens (primary N) is 1. The van der Waals surface area contributed by atoms with E-state index in [0.717, 1.165) is 12.0 Å². The normalized spacial score (nSPS) is 19.1. The van der Waals surface area contributed by atoms with Crippen molar-refractivity contribution in [3.8, 4) is 5.75 Å². The largest absolute Gasteiger partial charge is 0.484 e. The number of nitrogens with zero attached hydrogens (tertiary/aromatic N) is 3. The molecule has 2 atom stereocenters. The Kier molecular flexibility index (Phi) is 9.01. The number of carbonyl (C=O) groups excluding carboxylic acids is 4. The van der Waals surface area contributed by atoms with Crippen molar-refractivity contribution >= 4 is 29.6 Å². The Morgan fingerprint density at radius 1 is 1.06 bits per heavy atom. The van der Waals surface area contributed by atoms with Crippen molar-refractivity contribution in [2.24, 2.45) is 10.7 Å². The van der Waals surface area contributed by atoms with Gasteiger partial charge in [0.05, 0.1) is 6.54 Å². The van der Waals surface area contributed by atoms with Crippen LogP contribution in [0.3, 0.4) is 0 Å². The third kappa shape index (κ3) is 6.27. The summed E-state index contributed by atoms with van der Waals surface area (Å²) in [6.45, 7) is 5.08. The van der Waals surface area contributed by atoms with Gasteiger partial charge in [-0.2, -0.15) is 0 Å². The molecule has 2 aliphatic rings. The first-order chi connectivity index (χ1) is 16.9. The number of fused-ring (bicyclic) bond motifs is 1. The molecule has 12 heteroatoms. The third-order valence-electron chi connectivity index (χ3n) is 5.54. The summed E-state index contributed by atoms with van der Waals surface area (Å²) in [5.41, 5.74) is 5.93. The quantitative estimate of drug-likeness (QED) is 0.286. The molecule has 0 aliphatic carbocycles. The molecule has 2 heterocycles. The van der Waals surface area contributed by atoms with Crippen LogP contribution in [0, 0.1) is 0 Å². The van der Waals surface area contributed by atoms with Crippen LogP contribution in [0.15, 0.2) is 29.3 Å². The SMILES string of the molecule is CCCN1C(=O)C2NC(c3ccc(OCC(=O)NCCNC(=O)CN)cc3)=NC2N(CCC)C1=O. The summed E-state index contributed by atoms with van der Waals surface area (Å²) < 4.78 is 5.51. The number of nitrogens with one attached hydrogen (secondary N) is 3. The Morgan fingerprint density at radius 3 is 2.34 bits per heavy atom. The fourth-order valence-electron chi connectivity index (χ4n) is 3.88. The highest BCUT2D eigenvalue weighted by molar-refractivity contribution is 6.08. The molecule has 12 nitrogen and oxygen atoms in total. The van der Waals surface area contributed by atoms with Gasteiger partial charge < -0.3 is 26.4 Å². The zero-order chi connectivity index (χ0) is 25.4. The average molecular weight is 488 g/mol. The first-order valence-corrected chi connectivity index (χ1v) is 11.8. The van der Waals surface area contributed by atoms with E-state index in [0.29, 0.717) is 31.1 Å². The van der Waals surface area contributed by atoms with Gasteiger partial charge in [0, 0.05) is 31.7 Å². The van der Waals surface area contributed by atoms with E-state index in [1.165, 1.54) is 4.90 Å². The predicted octanol–water partition coefficient (Wildman–Crippen LogP) is -0.615. The maximum atomic E-state index is 12.9. The number of carbonyl (C=O) groups is 4. The highest BCUT2D eigenvalue weighted by Crippen LogP contribution is 2.25. The second kappa shape index (κ2) is 12.2. The minimum absolute atomic E-state index is 0.0982. The van der Waals surface area contributed by atoms with Gasteiger partial charge in [-0.15, -0.1) is 0 Å². The van der Waals surface area contributed by atoms with Crippen molar-refractivity contribution < 1.29 is 23.9 Å². The van der Waals surface area contributed by atoms with Crippen LogP contribution in [-0.4, -0.2) is 90.9 Å². The van der Waals surface area contributed by atoms with E-state index in [1.807, 2.05) is 13.8 Å². The van der Waals surface area contributed by atoms with Gasteiger partial charge in [0.1, 0.15) is 17.6 Å². The van der Waals surface area contributed by atoms with Gasteiger partial charge in [0.25, 0.3) is 11.8 Å². The van der Waals surface area contributed by atoms with Crippen LogP contribution in [-0.2, 0) is 14.4 Å². The molecule has 0 bridgehead atoms. The minimum Gasteiger partial charge on any atom is -0.484 e. The van der Waals surface area contributed by atoms with E-state index < -0.39 is 12.2 Å². The van der Waals surface area contributed by atoms with Crippen LogP contribution in [0.5, 0.6) is 5.75 Å². The predicted molar refractivity (Wildman–Crippen MR) is 129 cm³/mol. The fraction of sp³-hybridized carbons (Fsp3) is 0.522. The summed E-state index contributed by atoms with van der Waals surface area (Å²) in [5, 5.41) is 8.38. The lowest BCUT2D eigenvalue weighted by molar-refractivity contribution is -0.134.